The lowest BCUT2D eigenvalue weighted by Gasteiger charge is -2.35. The molecule has 0 radical (unpaired) electrons. The predicted molar refractivity (Wildman–Crippen MR) is 94.9 cm³/mol. The van der Waals surface area contributed by atoms with Crippen molar-refractivity contribution in [2.45, 2.75) is 19.4 Å². The van der Waals surface area contributed by atoms with E-state index < -0.39 is 0 Å². The number of ether oxygens (including phenoxy) is 1. The molecule has 2 aliphatic rings. The van der Waals surface area contributed by atoms with Crippen LogP contribution in [-0.4, -0.2) is 67.6 Å². The van der Waals surface area contributed by atoms with Crippen molar-refractivity contribution in [3.05, 3.63) is 35.9 Å². The van der Waals surface area contributed by atoms with E-state index in [2.05, 4.69) is 10.2 Å². The van der Waals surface area contributed by atoms with E-state index in [1.807, 2.05) is 35.2 Å². The average molecular weight is 345 g/mol. The van der Waals surface area contributed by atoms with Crippen molar-refractivity contribution in [1.82, 2.24) is 15.1 Å². The molecule has 6 heteroatoms. The van der Waals surface area contributed by atoms with Crippen LogP contribution >= 0.6 is 0 Å². The number of carbonyl (C=O) groups excluding carboxylic acids is 2. The number of hydrogen-bond donors (Lipinski definition) is 1. The molecule has 3 rings (SSSR count). The molecule has 2 amide bonds. The van der Waals surface area contributed by atoms with Crippen LogP contribution in [0.15, 0.2) is 30.3 Å². The van der Waals surface area contributed by atoms with Gasteiger partial charge in [-0.15, -0.1) is 0 Å². The molecule has 0 aliphatic carbocycles. The predicted octanol–water partition coefficient (Wildman–Crippen LogP) is 0.874. The van der Waals surface area contributed by atoms with Crippen LogP contribution in [0.1, 0.15) is 18.4 Å². The summed E-state index contributed by atoms with van der Waals surface area (Å²) in [4.78, 5) is 28.7. The maximum Gasteiger partial charge on any atom is 0.234 e. The molecule has 0 spiro atoms. The van der Waals surface area contributed by atoms with Crippen LogP contribution in [0.2, 0.25) is 0 Å². The van der Waals surface area contributed by atoms with Gasteiger partial charge in [0.2, 0.25) is 11.8 Å². The Labute approximate surface area is 149 Å². The molecule has 136 valence electrons. The van der Waals surface area contributed by atoms with Gasteiger partial charge in [-0.2, -0.15) is 0 Å². The third-order valence-electron chi connectivity index (χ3n) is 4.96. The minimum atomic E-state index is 0.0433. The van der Waals surface area contributed by atoms with E-state index in [1.54, 1.807) is 0 Å². The first-order valence-corrected chi connectivity index (χ1v) is 9.12. The van der Waals surface area contributed by atoms with Gasteiger partial charge in [-0.1, -0.05) is 30.3 Å². The Kier molecular flexibility index (Phi) is 6.42. The van der Waals surface area contributed by atoms with Gasteiger partial charge in [-0.05, 0) is 31.5 Å². The second-order valence-electron chi connectivity index (χ2n) is 6.75. The van der Waals surface area contributed by atoms with Crippen LogP contribution in [0.25, 0.3) is 0 Å². The molecule has 0 saturated carbocycles. The zero-order valence-electron chi connectivity index (χ0n) is 14.7. The third kappa shape index (κ3) is 5.28. The molecule has 0 unspecified atom stereocenters. The first kappa shape index (κ1) is 17.9. The zero-order valence-corrected chi connectivity index (χ0v) is 14.7. The quantitative estimate of drug-likeness (QED) is 0.860. The standard InChI is InChI=1S/C19H27N3O3/c23-18(20-14-16-4-2-1-3-5-16)15-21-8-6-17(7-9-21)19(24)22-10-12-25-13-11-22/h1-5,17H,6-15H2,(H,20,23). The molecule has 2 aliphatic heterocycles. The van der Waals surface area contributed by atoms with E-state index >= 15 is 0 Å². The highest BCUT2D eigenvalue weighted by atomic mass is 16.5. The topological polar surface area (TPSA) is 61.9 Å². The highest BCUT2D eigenvalue weighted by molar-refractivity contribution is 5.79. The smallest absolute Gasteiger partial charge is 0.234 e. The molecule has 25 heavy (non-hydrogen) atoms. The lowest BCUT2D eigenvalue weighted by atomic mass is 9.95. The number of nitrogens with one attached hydrogen (secondary N) is 1. The molecule has 0 aromatic heterocycles. The summed E-state index contributed by atoms with van der Waals surface area (Å²) < 4.78 is 5.31. The molecule has 1 aromatic rings. The molecule has 0 atom stereocenters. The summed E-state index contributed by atoms with van der Waals surface area (Å²) in [7, 11) is 0. The highest BCUT2D eigenvalue weighted by Crippen LogP contribution is 2.20. The number of nitrogens with zero attached hydrogens (tertiary/aromatic N) is 2. The van der Waals surface area contributed by atoms with Gasteiger partial charge < -0.3 is 15.0 Å². The minimum Gasteiger partial charge on any atom is -0.378 e. The first-order valence-electron chi connectivity index (χ1n) is 9.12. The number of morpholine rings is 1. The van der Waals surface area contributed by atoms with Gasteiger partial charge >= 0.3 is 0 Å². The molecule has 2 heterocycles. The monoisotopic (exact) mass is 345 g/mol. The number of hydrogen-bond acceptors (Lipinski definition) is 4. The van der Waals surface area contributed by atoms with Crippen LogP contribution in [0.3, 0.4) is 0 Å². The Balaban J connectivity index is 1.37. The van der Waals surface area contributed by atoms with Crippen molar-refractivity contribution in [2.75, 3.05) is 45.9 Å². The molecule has 2 saturated heterocycles. The van der Waals surface area contributed by atoms with Gasteiger partial charge in [-0.3, -0.25) is 14.5 Å². The fourth-order valence-corrected chi connectivity index (χ4v) is 3.44. The SMILES string of the molecule is O=C(CN1CCC(C(=O)N2CCOCC2)CC1)NCc1ccccc1. The summed E-state index contributed by atoms with van der Waals surface area (Å²) >= 11 is 0. The Morgan fingerprint density at radius 3 is 2.40 bits per heavy atom. The summed E-state index contributed by atoms with van der Waals surface area (Å²) in [5, 5.41) is 2.96. The van der Waals surface area contributed by atoms with E-state index in [1.165, 1.54) is 0 Å². The second-order valence-corrected chi connectivity index (χ2v) is 6.75. The Morgan fingerprint density at radius 2 is 1.72 bits per heavy atom. The van der Waals surface area contributed by atoms with Gasteiger partial charge in [0, 0.05) is 25.6 Å². The van der Waals surface area contributed by atoms with Gasteiger partial charge in [0.15, 0.2) is 0 Å². The molecular formula is C19H27N3O3. The summed E-state index contributed by atoms with van der Waals surface area (Å²) in [6.45, 7) is 5.29. The summed E-state index contributed by atoms with van der Waals surface area (Å²) in [6, 6.07) is 9.91. The van der Waals surface area contributed by atoms with Crippen LogP contribution in [0, 0.1) is 5.92 Å². The molecule has 1 N–H and O–H groups in total. The summed E-state index contributed by atoms with van der Waals surface area (Å²) in [5.74, 6) is 0.403. The highest BCUT2D eigenvalue weighted by Gasteiger charge is 2.29. The van der Waals surface area contributed by atoms with Crippen molar-refractivity contribution >= 4 is 11.8 Å². The van der Waals surface area contributed by atoms with Crippen molar-refractivity contribution in [1.29, 1.82) is 0 Å². The van der Waals surface area contributed by atoms with Crippen LogP contribution in [-0.2, 0) is 20.9 Å². The fraction of sp³-hybridized carbons (Fsp3) is 0.579. The number of amides is 2. The first-order chi connectivity index (χ1) is 12.2. The van der Waals surface area contributed by atoms with Gasteiger partial charge in [0.1, 0.15) is 0 Å². The lowest BCUT2D eigenvalue weighted by molar-refractivity contribution is -0.141. The normalized spacial score (nSPS) is 19.6. The van der Waals surface area contributed by atoms with Crippen molar-refractivity contribution in [3.8, 4) is 0 Å². The van der Waals surface area contributed by atoms with E-state index in [-0.39, 0.29) is 17.7 Å². The third-order valence-corrected chi connectivity index (χ3v) is 4.96. The maximum absolute atomic E-state index is 12.5. The van der Waals surface area contributed by atoms with Gasteiger partial charge in [0.25, 0.3) is 0 Å². The average Bonchev–Trinajstić information content (AvgIpc) is 2.68. The van der Waals surface area contributed by atoms with Crippen molar-refractivity contribution < 1.29 is 14.3 Å². The van der Waals surface area contributed by atoms with Gasteiger partial charge in [-0.25, -0.2) is 0 Å². The number of rotatable bonds is 5. The van der Waals surface area contributed by atoms with E-state index in [9.17, 15) is 9.59 Å². The zero-order chi connectivity index (χ0) is 17.5. The van der Waals surface area contributed by atoms with Crippen LogP contribution in [0.4, 0.5) is 0 Å². The molecule has 6 nitrogen and oxygen atoms in total. The van der Waals surface area contributed by atoms with Gasteiger partial charge in [0.05, 0.1) is 19.8 Å². The Hall–Kier alpha value is -1.92. The Bertz CT molecular complexity index is 565. The summed E-state index contributed by atoms with van der Waals surface area (Å²) in [5.41, 5.74) is 1.10. The van der Waals surface area contributed by atoms with E-state index in [4.69, 9.17) is 4.74 Å². The molecule has 2 fully saturated rings. The van der Waals surface area contributed by atoms with E-state index in [0.29, 0.717) is 39.4 Å². The van der Waals surface area contributed by atoms with Crippen LogP contribution in [0.5, 0.6) is 0 Å². The van der Waals surface area contributed by atoms with Crippen molar-refractivity contribution in [2.24, 2.45) is 5.92 Å². The second kappa shape index (κ2) is 8.97. The number of likely N-dealkylation sites (tertiary alicyclic amines) is 1. The molecule has 0 bridgehead atoms. The number of piperidine rings is 1. The Morgan fingerprint density at radius 1 is 1.04 bits per heavy atom. The van der Waals surface area contributed by atoms with Crippen LogP contribution < -0.4 is 5.32 Å². The lowest BCUT2D eigenvalue weighted by Crippen LogP contribution is -2.48. The fourth-order valence-electron chi connectivity index (χ4n) is 3.44. The van der Waals surface area contributed by atoms with Crippen molar-refractivity contribution in [3.63, 3.8) is 0 Å². The molecular weight excluding hydrogens is 318 g/mol. The largest absolute Gasteiger partial charge is 0.378 e. The minimum absolute atomic E-state index is 0.0433. The number of carbonyl (C=O) groups is 2. The number of benzene rings is 1. The molecule has 1 aromatic carbocycles. The maximum atomic E-state index is 12.5. The van der Waals surface area contributed by atoms with E-state index in [0.717, 1.165) is 31.5 Å². The summed E-state index contributed by atoms with van der Waals surface area (Å²) in [6.07, 6.45) is 1.67.